The summed E-state index contributed by atoms with van der Waals surface area (Å²) in [5, 5.41) is 11.4. The Kier molecular flexibility index (Phi) is 5.16. The fourth-order valence-electron chi connectivity index (χ4n) is 2.01. The molecule has 0 aromatic heterocycles. The van der Waals surface area contributed by atoms with Crippen LogP contribution in [0, 0.1) is 18.3 Å². The van der Waals surface area contributed by atoms with Gasteiger partial charge in [-0.25, -0.2) is 0 Å². The van der Waals surface area contributed by atoms with Crippen LogP contribution in [0.25, 0.3) is 0 Å². The van der Waals surface area contributed by atoms with Crippen LogP contribution in [0.3, 0.4) is 0 Å². The Morgan fingerprint density at radius 2 is 2.18 bits per heavy atom. The molecule has 1 unspecified atom stereocenters. The van der Waals surface area contributed by atoms with Gasteiger partial charge in [0.1, 0.15) is 0 Å². The Balaban J connectivity index is 2.90. The SMILES string of the molecule is CCC(CCNC)C(=N)c1cccc(C)c1N. The zero-order valence-corrected chi connectivity index (χ0v) is 11.0. The van der Waals surface area contributed by atoms with Gasteiger partial charge in [-0.05, 0) is 38.9 Å². The first-order valence-corrected chi connectivity index (χ1v) is 6.20. The van der Waals surface area contributed by atoms with Crippen LogP contribution >= 0.6 is 0 Å². The molecule has 0 fully saturated rings. The fraction of sp³-hybridized carbons (Fsp3) is 0.500. The summed E-state index contributed by atoms with van der Waals surface area (Å²) in [7, 11) is 1.94. The molecule has 0 saturated carbocycles. The lowest BCUT2D eigenvalue weighted by Crippen LogP contribution is -2.21. The molecule has 0 aliphatic heterocycles. The second-order valence-corrected chi connectivity index (χ2v) is 4.45. The molecular weight excluding hydrogens is 210 g/mol. The molecule has 0 aliphatic rings. The maximum atomic E-state index is 8.30. The van der Waals surface area contributed by atoms with Gasteiger partial charge < -0.3 is 16.5 Å². The molecule has 1 aromatic rings. The molecule has 0 radical (unpaired) electrons. The van der Waals surface area contributed by atoms with Gasteiger partial charge in [0.05, 0.1) is 0 Å². The highest BCUT2D eigenvalue weighted by molar-refractivity contribution is 6.04. The number of rotatable bonds is 6. The van der Waals surface area contributed by atoms with Crippen molar-refractivity contribution in [3.8, 4) is 0 Å². The van der Waals surface area contributed by atoms with Crippen molar-refractivity contribution in [2.24, 2.45) is 5.92 Å². The molecule has 0 saturated heterocycles. The summed E-state index contributed by atoms with van der Waals surface area (Å²) in [5.41, 5.74) is 9.42. The molecule has 0 bridgehead atoms. The lowest BCUT2D eigenvalue weighted by molar-refractivity contribution is 0.578. The van der Waals surface area contributed by atoms with Gasteiger partial charge in [0.2, 0.25) is 0 Å². The van der Waals surface area contributed by atoms with E-state index in [1.807, 2.05) is 32.2 Å². The predicted octanol–water partition coefficient (Wildman–Crippen LogP) is 2.58. The molecule has 1 rings (SSSR count). The third-order valence-electron chi connectivity index (χ3n) is 3.26. The monoisotopic (exact) mass is 233 g/mol. The highest BCUT2D eigenvalue weighted by Gasteiger charge is 2.16. The number of para-hydroxylation sites is 1. The molecule has 1 aromatic carbocycles. The molecule has 0 amide bonds. The number of nitrogens with two attached hydrogens (primary N) is 1. The first kappa shape index (κ1) is 13.7. The van der Waals surface area contributed by atoms with E-state index >= 15 is 0 Å². The van der Waals surface area contributed by atoms with Crippen LogP contribution in [0.2, 0.25) is 0 Å². The number of benzene rings is 1. The van der Waals surface area contributed by atoms with Crippen molar-refractivity contribution in [3.05, 3.63) is 29.3 Å². The Hall–Kier alpha value is -1.35. The second-order valence-electron chi connectivity index (χ2n) is 4.45. The van der Waals surface area contributed by atoms with Gasteiger partial charge in [-0.15, -0.1) is 0 Å². The molecule has 3 nitrogen and oxygen atoms in total. The third kappa shape index (κ3) is 3.30. The van der Waals surface area contributed by atoms with Gasteiger partial charge in [0, 0.05) is 22.9 Å². The number of aryl methyl sites for hydroxylation is 1. The summed E-state index contributed by atoms with van der Waals surface area (Å²) >= 11 is 0. The summed E-state index contributed by atoms with van der Waals surface area (Å²) in [6.45, 7) is 5.05. The Bertz CT molecular complexity index is 385. The summed E-state index contributed by atoms with van der Waals surface area (Å²) in [6.07, 6.45) is 1.97. The number of anilines is 1. The predicted molar refractivity (Wildman–Crippen MR) is 74.7 cm³/mol. The standard InChI is InChI=1S/C14H23N3/c1-4-11(8-9-17-3)14(16)12-7-5-6-10(2)13(12)15/h5-7,11,16-17H,4,8-9,15H2,1-3H3. The van der Waals surface area contributed by atoms with E-state index in [4.69, 9.17) is 11.1 Å². The van der Waals surface area contributed by atoms with Gasteiger partial charge in [0.15, 0.2) is 0 Å². The maximum absolute atomic E-state index is 8.30. The lowest BCUT2D eigenvalue weighted by atomic mass is 9.90. The Morgan fingerprint density at radius 1 is 1.47 bits per heavy atom. The van der Waals surface area contributed by atoms with Crippen LogP contribution in [0.15, 0.2) is 18.2 Å². The average Bonchev–Trinajstić information content (AvgIpc) is 2.33. The lowest BCUT2D eigenvalue weighted by Gasteiger charge is -2.18. The fourth-order valence-corrected chi connectivity index (χ4v) is 2.01. The van der Waals surface area contributed by atoms with Crippen LogP contribution in [0.5, 0.6) is 0 Å². The topological polar surface area (TPSA) is 61.9 Å². The van der Waals surface area contributed by atoms with E-state index in [1.54, 1.807) is 0 Å². The average molecular weight is 233 g/mol. The van der Waals surface area contributed by atoms with E-state index in [9.17, 15) is 0 Å². The molecule has 3 heteroatoms. The quantitative estimate of drug-likeness (QED) is 0.522. The number of nitrogen functional groups attached to an aromatic ring is 1. The number of nitrogens with one attached hydrogen (secondary N) is 2. The highest BCUT2D eigenvalue weighted by Crippen LogP contribution is 2.22. The van der Waals surface area contributed by atoms with Crippen molar-refractivity contribution in [1.82, 2.24) is 5.32 Å². The highest BCUT2D eigenvalue weighted by atomic mass is 14.8. The minimum atomic E-state index is 0.284. The van der Waals surface area contributed by atoms with Crippen LogP contribution in [0.1, 0.15) is 30.9 Å². The third-order valence-corrected chi connectivity index (χ3v) is 3.26. The Labute approximate surface area is 104 Å². The van der Waals surface area contributed by atoms with Gasteiger partial charge in [-0.2, -0.15) is 0 Å². The summed E-state index contributed by atoms with van der Waals surface area (Å²) in [5.74, 6) is 0.284. The van der Waals surface area contributed by atoms with Crippen molar-refractivity contribution in [3.63, 3.8) is 0 Å². The molecule has 17 heavy (non-hydrogen) atoms. The molecule has 0 aliphatic carbocycles. The van der Waals surface area contributed by atoms with E-state index in [1.165, 1.54) is 0 Å². The van der Waals surface area contributed by atoms with Gasteiger partial charge in [0.25, 0.3) is 0 Å². The number of hydrogen-bond acceptors (Lipinski definition) is 3. The van der Waals surface area contributed by atoms with Crippen molar-refractivity contribution < 1.29 is 0 Å². The second kappa shape index (κ2) is 6.40. The van der Waals surface area contributed by atoms with Crippen LogP contribution in [-0.2, 0) is 0 Å². The van der Waals surface area contributed by atoms with Crippen molar-refractivity contribution in [2.75, 3.05) is 19.3 Å². The first-order chi connectivity index (χ1) is 8.11. The molecule has 4 N–H and O–H groups in total. The molecular formula is C14H23N3. The van der Waals surface area contributed by atoms with E-state index in [-0.39, 0.29) is 5.92 Å². The molecule has 0 spiro atoms. The number of hydrogen-bond donors (Lipinski definition) is 3. The van der Waals surface area contributed by atoms with Gasteiger partial charge in [-0.1, -0.05) is 25.1 Å². The summed E-state index contributed by atoms with van der Waals surface area (Å²) in [4.78, 5) is 0. The van der Waals surface area contributed by atoms with Crippen molar-refractivity contribution in [1.29, 1.82) is 5.41 Å². The van der Waals surface area contributed by atoms with Crippen molar-refractivity contribution in [2.45, 2.75) is 26.7 Å². The molecule has 94 valence electrons. The molecule has 0 heterocycles. The van der Waals surface area contributed by atoms with Crippen LogP contribution < -0.4 is 11.1 Å². The Morgan fingerprint density at radius 3 is 2.76 bits per heavy atom. The van der Waals surface area contributed by atoms with Gasteiger partial charge >= 0.3 is 0 Å². The largest absolute Gasteiger partial charge is 0.398 e. The van der Waals surface area contributed by atoms with E-state index in [2.05, 4.69) is 12.2 Å². The van der Waals surface area contributed by atoms with Crippen LogP contribution in [0.4, 0.5) is 5.69 Å². The summed E-state index contributed by atoms with van der Waals surface area (Å²) < 4.78 is 0. The smallest absolute Gasteiger partial charge is 0.0438 e. The normalized spacial score (nSPS) is 12.4. The van der Waals surface area contributed by atoms with E-state index < -0.39 is 0 Å². The van der Waals surface area contributed by atoms with Crippen molar-refractivity contribution >= 4 is 11.4 Å². The first-order valence-electron chi connectivity index (χ1n) is 6.20. The zero-order chi connectivity index (χ0) is 12.8. The maximum Gasteiger partial charge on any atom is 0.0438 e. The van der Waals surface area contributed by atoms with E-state index in [0.29, 0.717) is 5.71 Å². The van der Waals surface area contributed by atoms with E-state index in [0.717, 1.165) is 36.2 Å². The minimum absolute atomic E-state index is 0.284. The summed E-state index contributed by atoms with van der Waals surface area (Å²) in [6, 6.07) is 5.91. The van der Waals surface area contributed by atoms with Crippen LogP contribution in [-0.4, -0.2) is 19.3 Å². The van der Waals surface area contributed by atoms with Gasteiger partial charge in [-0.3, -0.25) is 0 Å². The minimum Gasteiger partial charge on any atom is -0.398 e. The zero-order valence-electron chi connectivity index (χ0n) is 11.0. The molecule has 1 atom stereocenters.